The van der Waals surface area contributed by atoms with Crippen molar-refractivity contribution < 1.29 is 14.4 Å². The molecule has 2 aromatic carbocycles. The van der Waals surface area contributed by atoms with E-state index < -0.39 is 0 Å². The van der Waals surface area contributed by atoms with Crippen LogP contribution < -0.4 is 16.0 Å². The van der Waals surface area contributed by atoms with Gasteiger partial charge in [0.15, 0.2) is 0 Å². The van der Waals surface area contributed by atoms with Crippen LogP contribution in [-0.4, -0.2) is 48.8 Å². The van der Waals surface area contributed by atoms with E-state index in [-0.39, 0.29) is 36.7 Å². The molecule has 0 radical (unpaired) electrons. The molecule has 0 bridgehead atoms. The first kappa shape index (κ1) is 22.8. The number of carbonyl (C=O) groups excluding carboxylic acids is 3. The third kappa shape index (κ3) is 6.80. The number of nitrogens with one attached hydrogen (secondary N) is 3. The molecule has 1 fully saturated rings. The number of nitrogens with zero attached hydrogens (tertiary/aromatic N) is 1. The smallest absolute Gasteiger partial charge is 0.243 e. The van der Waals surface area contributed by atoms with E-state index in [1.165, 1.54) is 0 Å². The van der Waals surface area contributed by atoms with Crippen molar-refractivity contribution >= 4 is 40.7 Å². The van der Waals surface area contributed by atoms with Crippen LogP contribution in [0.1, 0.15) is 18.4 Å². The first-order valence-electron chi connectivity index (χ1n) is 10.3. The van der Waals surface area contributed by atoms with Gasteiger partial charge in [0, 0.05) is 22.3 Å². The summed E-state index contributed by atoms with van der Waals surface area (Å²) in [6.45, 7) is 3.24. The third-order valence-corrected chi connectivity index (χ3v) is 5.76. The van der Waals surface area contributed by atoms with Gasteiger partial charge in [0.1, 0.15) is 0 Å². The van der Waals surface area contributed by atoms with E-state index >= 15 is 0 Å². The molecule has 3 amide bonds. The zero-order chi connectivity index (χ0) is 22.2. The summed E-state index contributed by atoms with van der Waals surface area (Å²) in [4.78, 5) is 38.7. The molecule has 1 saturated heterocycles. The molecule has 164 valence electrons. The summed E-state index contributed by atoms with van der Waals surface area (Å²) in [6, 6.07) is 14.7. The Kier molecular flexibility index (Phi) is 8.03. The average Bonchev–Trinajstić information content (AvgIpc) is 2.77. The number of likely N-dealkylation sites (tertiary alicyclic amines) is 1. The van der Waals surface area contributed by atoms with Crippen molar-refractivity contribution in [2.45, 2.75) is 19.8 Å². The fourth-order valence-corrected chi connectivity index (χ4v) is 3.67. The average molecular weight is 443 g/mol. The Bertz CT molecular complexity index is 928. The standard InChI is InChI=1S/C23H27ClN4O3/c1-16-19(24)8-5-9-20(16)27-21(29)14-25-22(30)15-28-12-10-17(11-13-28)23(31)26-18-6-3-2-4-7-18/h2-9,17H,10-15H2,1H3,(H,25,30)(H,26,31)(H,27,29). The summed E-state index contributed by atoms with van der Waals surface area (Å²) in [6.07, 6.45) is 1.39. The maximum atomic E-state index is 12.4. The van der Waals surface area contributed by atoms with Gasteiger partial charge < -0.3 is 16.0 Å². The van der Waals surface area contributed by atoms with E-state index in [9.17, 15) is 14.4 Å². The van der Waals surface area contributed by atoms with Crippen LogP contribution in [0.4, 0.5) is 11.4 Å². The van der Waals surface area contributed by atoms with Crippen LogP contribution >= 0.6 is 11.6 Å². The van der Waals surface area contributed by atoms with Crippen LogP contribution in [-0.2, 0) is 14.4 Å². The summed E-state index contributed by atoms with van der Waals surface area (Å²) in [7, 11) is 0. The molecule has 0 saturated carbocycles. The lowest BCUT2D eigenvalue weighted by molar-refractivity contribution is -0.125. The number of hydrogen-bond donors (Lipinski definition) is 3. The third-order valence-electron chi connectivity index (χ3n) is 5.35. The Morgan fingerprint density at radius 3 is 2.39 bits per heavy atom. The highest BCUT2D eigenvalue weighted by Gasteiger charge is 2.26. The molecule has 3 N–H and O–H groups in total. The highest BCUT2D eigenvalue weighted by Crippen LogP contribution is 2.23. The van der Waals surface area contributed by atoms with Crippen LogP contribution in [0.15, 0.2) is 48.5 Å². The molecule has 3 rings (SSSR count). The molecule has 0 spiro atoms. The summed E-state index contributed by atoms with van der Waals surface area (Å²) >= 11 is 6.05. The lowest BCUT2D eigenvalue weighted by Crippen LogP contribution is -2.44. The van der Waals surface area contributed by atoms with Crippen molar-refractivity contribution in [3.63, 3.8) is 0 Å². The van der Waals surface area contributed by atoms with Gasteiger partial charge >= 0.3 is 0 Å². The number of hydrogen-bond acceptors (Lipinski definition) is 4. The van der Waals surface area contributed by atoms with Gasteiger partial charge in [-0.3, -0.25) is 19.3 Å². The topological polar surface area (TPSA) is 90.5 Å². The van der Waals surface area contributed by atoms with Gasteiger partial charge in [-0.1, -0.05) is 35.9 Å². The Balaban J connectivity index is 1.36. The zero-order valence-corrected chi connectivity index (χ0v) is 18.2. The quantitative estimate of drug-likeness (QED) is 0.614. The van der Waals surface area contributed by atoms with Gasteiger partial charge in [-0.05, 0) is 62.7 Å². The Hall–Kier alpha value is -2.90. The molecule has 0 aliphatic carbocycles. The first-order valence-corrected chi connectivity index (χ1v) is 10.7. The van der Waals surface area contributed by atoms with Crippen molar-refractivity contribution in [3.8, 4) is 0 Å². The maximum absolute atomic E-state index is 12.4. The predicted octanol–water partition coefficient (Wildman–Crippen LogP) is 3.05. The number of piperidine rings is 1. The first-order chi connectivity index (χ1) is 14.9. The molecule has 0 atom stereocenters. The largest absolute Gasteiger partial charge is 0.346 e. The van der Waals surface area contributed by atoms with Crippen molar-refractivity contribution in [2.75, 3.05) is 36.8 Å². The Morgan fingerprint density at radius 2 is 1.68 bits per heavy atom. The van der Waals surface area contributed by atoms with Gasteiger partial charge in [0.25, 0.3) is 0 Å². The molecule has 7 nitrogen and oxygen atoms in total. The SMILES string of the molecule is Cc1c(Cl)cccc1NC(=O)CNC(=O)CN1CCC(C(=O)Nc2ccccc2)CC1. The molecular weight excluding hydrogens is 416 g/mol. The number of anilines is 2. The highest BCUT2D eigenvalue weighted by atomic mass is 35.5. The van der Waals surface area contributed by atoms with Crippen LogP contribution in [0.3, 0.4) is 0 Å². The second kappa shape index (κ2) is 10.9. The number of halogens is 1. The van der Waals surface area contributed by atoms with Crippen LogP contribution in [0, 0.1) is 12.8 Å². The molecule has 1 heterocycles. The van der Waals surface area contributed by atoms with E-state index in [2.05, 4.69) is 16.0 Å². The molecular formula is C23H27ClN4O3. The van der Waals surface area contributed by atoms with Crippen LogP contribution in [0.5, 0.6) is 0 Å². The number of amides is 3. The minimum Gasteiger partial charge on any atom is -0.346 e. The molecule has 8 heteroatoms. The second-order valence-electron chi connectivity index (χ2n) is 7.64. The van der Waals surface area contributed by atoms with Crippen molar-refractivity contribution in [2.24, 2.45) is 5.92 Å². The van der Waals surface area contributed by atoms with E-state index in [0.29, 0.717) is 36.6 Å². The van der Waals surface area contributed by atoms with Gasteiger partial charge in [-0.25, -0.2) is 0 Å². The summed E-state index contributed by atoms with van der Waals surface area (Å²) in [5.41, 5.74) is 2.20. The minimum atomic E-state index is -0.310. The van der Waals surface area contributed by atoms with Crippen molar-refractivity contribution in [3.05, 3.63) is 59.1 Å². The Morgan fingerprint density at radius 1 is 0.968 bits per heavy atom. The van der Waals surface area contributed by atoms with E-state index in [4.69, 9.17) is 11.6 Å². The van der Waals surface area contributed by atoms with E-state index in [1.807, 2.05) is 42.2 Å². The van der Waals surface area contributed by atoms with Crippen molar-refractivity contribution in [1.29, 1.82) is 0 Å². The summed E-state index contributed by atoms with van der Waals surface area (Å²) in [5, 5.41) is 8.91. The molecule has 31 heavy (non-hydrogen) atoms. The molecule has 1 aliphatic rings. The molecule has 1 aliphatic heterocycles. The maximum Gasteiger partial charge on any atom is 0.243 e. The van der Waals surface area contributed by atoms with Gasteiger partial charge in [-0.15, -0.1) is 0 Å². The predicted molar refractivity (Wildman–Crippen MR) is 122 cm³/mol. The normalized spacial score (nSPS) is 14.6. The number of para-hydroxylation sites is 1. The van der Waals surface area contributed by atoms with Gasteiger partial charge in [-0.2, -0.15) is 0 Å². The zero-order valence-electron chi connectivity index (χ0n) is 17.5. The lowest BCUT2D eigenvalue weighted by atomic mass is 9.96. The second-order valence-corrected chi connectivity index (χ2v) is 8.05. The van der Waals surface area contributed by atoms with E-state index in [0.717, 1.165) is 11.3 Å². The summed E-state index contributed by atoms with van der Waals surface area (Å²) in [5.74, 6) is -0.574. The lowest BCUT2D eigenvalue weighted by Gasteiger charge is -2.30. The monoisotopic (exact) mass is 442 g/mol. The van der Waals surface area contributed by atoms with Gasteiger partial charge in [0.05, 0.1) is 13.1 Å². The molecule has 2 aromatic rings. The van der Waals surface area contributed by atoms with Gasteiger partial charge in [0.2, 0.25) is 17.7 Å². The minimum absolute atomic E-state index is 0.0169. The summed E-state index contributed by atoms with van der Waals surface area (Å²) < 4.78 is 0. The van der Waals surface area contributed by atoms with Crippen LogP contribution in [0.2, 0.25) is 5.02 Å². The number of rotatable bonds is 7. The van der Waals surface area contributed by atoms with Crippen LogP contribution in [0.25, 0.3) is 0 Å². The van der Waals surface area contributed by atoms with Crippen molar-refractivity contribution in [1.82, 2.24) is 10.2 Å². The molecule has 0 aromatic heterocycles. The fraction of sp³-hybridized carbons (Fsp3) is 0.348. The highest BCUT2D eigenvalue weighted by molar-refractivity contribution is 6.31. The number of benzene rings is 2. The van der Waals surface area contributed by atoms with E-state index in [1.54, 1.807) is 18.2 Å². The number of carbonyl (C=O) groups is 3. The fourth-order valence-electron chi connectivity index (χ4n) is 3.49. The Labute approximate surface area is 187 Å². The molecule has 0 unspecified atom stereocenters.